The van der Waals surface area contributed by atoms with Gasteiger partial charge in [-0.3, -0.25) is 4.79 Å². The summed E-state index contributed by atoms with van der Waals surface area (Å²) in [5, 5.41) is 9.75. The molecule has 1 aromatic heterocycles. The smallest absolute Gasteiger partial charge is 0.259 e. The zero-order chi connectivity index (χ0) is 20.5. The minimum Gasteiger partial charge on any atom is -0.440 e. The van der Waals surface area contributed by atoms with Crippen molar-refractivity contribution in [3.8, 4) is 11.8 Å². The highest BCUT2D eigenvalue weighted by molar-refractivity contribution is 5.55. The van der Waals surface area contributed by atoms with Gasteiger partial charge in [0.15, 0.2) is 0 Å². The van der Waals surface area contributed by atoms with E-state index >= 15 is 0 Å². The van der Waals surface area contributed by atoms with E-state index in [1.165, 1.54) is 0 Å². The average molecular weight is 383 g/mol. The minimum absolute atomic E-state index is 0.0465. The van der Waals surface area contributed by atoms with Crippen molar-refractivity contribution >= 4 is 0 Å². The first-order chi connectivity index (χ1) is 14.0. The Bertz CT molecular complexity index is 1200. The molecule has 1 unspecified atom stereocenters. The van der Waals surface area contributed by atoms with Crippen LogP contribution in [0.1, 0.15) is 33.9 Å². The van der Waals surface area contributed by atoms with Crippen LogP contribution >= 0.6 is 0 Å². The number of nitrogens with zero attached hydrogens (tertiary/aromatic N) is 2. The van der Waals surface area contributed by atoms with Crippen LogP contribution in [0, 0.1) is 25.2 Å². The lowest BCUT2D eigenvalue weighted by Crippen LogP contribution is -2.33. The standard InChI is InChI=1S/C24H21N3O2/c1-15-8-10-18(11-9-15)21-19(13-25)23(26)29-20-12-16(2)27(24(28)22(20)21)14-17-6-4-3-5-7-17/h3-12,21H,14,26H2,1-2H3. The fourth-order valence-corrected chi connectivity index (χ4v) is 3.74. The number of hydrogen-bond acceptors (Lipinski definition) is 4. The van der Waals surface area contributed by atoms with E-state index in [1.54, 1.807) is 4.57 Å². The van der Waals surface area contributed by atoms with Gasteiger partial charge in [-0.15, -0.1) is 0 Å². The van der Waals surface area contributed by atoms with E-state index in [-0.39, 0.29) is 17.0 Å². The number of pyridine rings is 1. The van der Waals surface area contributed by atoms with Crippen molar-refractivity contribution < 1.29 is 4.74 Å². The molecule has 1 aliphatic rings. The molecule has 2 N–H and O–H groups in total. The first-order valence-corrected chi connectivity index (χ1v) is 9.42. The molecule has 2 aromatic carbocycles. The van der Waals surface area contributed by atoms with Gasteiger partial charge in [0.2, 0.25) is 5.88 Å². The average Bonchev–Trinajstić information content (AvgIpc) is 2.71. The molecule has 0 bridgehead atoms. The summed E-state index contributed by atoms with van der Waals surface area (Å²) in [4.78, 5) is 13.6. The Morgan fingerprint density at radius 1 is 1.10 bits per heavy atom. The summed E-state index contributed by atoms with van der Waals surface area (Å²) in [5.74, 6) is -0.0939. The Hall–Kier alpha value is -3.78. The molecule has 0 fully saturated rings. The maximum atomic E-state index is 13.6. The SMILES string of the molecule is Cc1ccc(C2C(C#N)=C(N)Oc3cc(C)n(Cc4ccccc4)c(=O)c32)cc1. The topological polar surface area (TPSA) is 81.0 Å². The van der Waals surface area contributed by atoms with Crippen LogP contribution in [0.25, 0.3) is 0 Å². The van der Waals surface area contributed by atoms with Gasteiger partial charge in [0, 0.05) is 11.8 Å². The quantitative estimate of drug-likeness (QED) is 0.747. The molecule has 0 spiro atoms. The molecule has 5 heteroatoms. The Morgan fingerprint density at radius 3 is 2.45 bits per heavy atom. The molecule has 3 aromatic rings. The molecule has 0 saturated carbocycles. The second kappa shape index (κ2) is 7.33. The largest absolute Gasteiger partial charge is 0.440 e. The van der Waals surface area contributed by atoms with Crippen molar-refractivity contribution in [3.05, 3.63) is 110 Å². The van der Waals surface area contributed by atoms with Crippen LogP contribution in [0.5, 0.6) is 5.75 Å². The molecule has 0 saturated heterocycles. The van der Waals surface area contributed by atoms with Crippen molar-refractivity contribution in [3.63, 3.8) is 0 Å². The molecule has 1 atom stereocenters. The predicted molar refractivity (Wildman–Crippen MR) is 111 cm³/mol. The first-order valence-electron chi connectivity index (χ1n) is 9.42. The molecule has 0 radical (unpaired) electrons. The second-order valence-electron chi connectivity index (χ2n) is 7.28. The maximum absolute atomic E-state index is 13.6. The van der Waals surface area contributed by atoms with E-state index < -0.39 is 5.92 Å². The molecule has 2 heterocycles. The molecule has 0 amide bonds. The minimum atomic E-state index is -0.556. The van der Waals surface area contributed by atoms with E-state index in [2.05, 4.69) is 6.07 Å². The summed E-state index contributed by atoms with van der Waals surface area (Å²) in [6.45, 7) is 4.31. The molecule has 29 heavy (non-hydrogen) atoms. The number of aryl methyl sites for hydroxylation is 2. The van der Waals surface area contributed by atoms with Gasteiger partial charge in [0.05, 0.1) is 18.0 Å². The molecule has 144 valence electrons. The number of nitriles is 1. The third-order valence-corrected chi connectivity index (χ3v) is 5.28. The number of nitrogens with two attached hydrogens (primary N) is 1. The van der Waals surface area contributed by atoms with Gasteiger partial charge in [-0.2, -0.15) is 5.26 Å². The van der Waals surface area contributed by atoms with Gasteiger partial charge >= 0.3 is 0 Å². The van der Waals surface area contributed by atoms with E-state index in [0.717, 1.165) is 22.4 Å². The highest BCUT2D eigenvalue weighted by Crippen LogP contribution is 2.40. The van der Waals surface area contributed by atoms with Gasteiger partial charge in [-0.05, 0) is 25.0 Å². The molecular formula is C24H21N3O2. The second-order valence-corrected chi connectivity index (χ2v) is 7.28. The zero-order valence-corrected chi connectivity index (χ0v) is 16.3. The van der Waals surface area contributed by atoms with Crippen LogP contribution < -0.4 is 16.0 Å². The summed E-state index contributed by atoms with van der Waals surface area (Å²) in [7, 11) is 0. The zero-order valence-electron chi connectivity index (χ0n) is 16.3. The van der Waals surface area contributed by atoms with E-state index in [4.69, 9.17) is 10.5 Å². The van der Waals surface area contributed by atoms with Crippen molar-refractivity contribution in [1.29, 1.82) is 5.26 Å². The molecule has 1 aliphatic heterocycles. The number of rotatable bonds is 3. The Balaban J connectivity index is 1.92. The predicted octanol–water partition coefficient (Wildman–Crippen LogP) is 3.73. The fraction of sp³-hybridized carbons (Fsp3) is 0.167. The summed E-state index contributed by atoms with van der Waals surface area (Å²) in [5.41, 5.74) is 10.3. The lowest BCUT2D eigenvalue weighted by molar-refractivity contribution is 0.389. The van der Waals surface area contributed by atoms with Crippen molar-refractivity contribution in [2.45, 2.75) is 26.3 Å². The van der Waals surface area contributed by atoms with Crippen molar-refractivity contribution in [2.24, 2.45) is 5.73 Å². The molecular weight excluding hydrogens is 362 g/mol. The van der Waals surface area contributed by atoms with Crippen LogP contribution in [-0.4, -0.2) is 4.57 Å². The van der Waals surface area contributed by atoms with Gasteiger partial charge in [0.1, 0.15) is 17.4 Å². The Morgan fingerprint density at radius 2 is 1.79 bits per heavy atom. The number of ether oxygens (including phenoxy) is 1. The van der Waals surface area contributed by atoms with Gasteiger partial charge in [0.25, 0.3) is 5.56 Å². The summed E-state index contributed by atoms with van der Waals surface area (Å²) >= 11 is 0. The molecule has 4 rings (SSSR count). The van der Waals surface area contributed by atoms with Crippen LogP contribution in [0.2, 0.25) is 0 Å². The maximum Gasteiger partial charge on any atom is 0.259 e. The molecule has 5 nitrogen and oxygen atoms in total. The Kier molecular flexibility index (Phi) is 4.69. The lowest BCUT2D eigenvalue weighted by atomic mass is 9.83. The third kappa shape index (κ3) is 3.30. The van der Waals surface area contributed by atoms with Gasteiger partial charge in [-0.25, -0.2) is 0 Å². The summed E-state index contributed by atoms with van der Waals surface area (Å²) in [6, 6.07) is 21.6. The van der Waals surface area contributed by atoms with Gasteiger partial charge < -0.3 is 15.0 Å². The van der Waals surface area contributed by atoms with E-state index in [9.17, 15) is 10.1 Å². The van der Waals surface area contributed by atoms with Crippen LogP contribution in [0.4, 0.5) is 0 Å². The lowest BCUT2D eigenvalue weighted by Gasteiger charge is -2.27. The normalized spacial score (nSPS) is 15.4. The monoisotopic (exact) mass is 383 g/mol. The number of benzene rings is 2. The number of fused-ring (bicyclic) bond motifs is 1. The Labute approximate surface area is 169 Å². The van der Waals surface area contributed by atoms with Crippen molar-refractivity contribution in [2.75, 3.05) is 0 Å². The highest BCUT2D eigenvalue weighted by atomic mass is 16.5. The summed E-state index contributed by atoms with van der Waals surface area (Å²) < 4.78 is 7.42. The number of allylic oxidation sites excluding steroid dienone is 1. The van der Waals surface area contributed by atoms with Crippen LogP contribution in [-0.2, 0) is 6.54 Å². The summed E-state index contributed by atoms with van der Waals surface area (Å²) in [6.07, 6.45) is 0. The number of hydrogen-bond donors (Lipinski definition) is 1. The highest BCUT2D eigenvalue weighted by Gasteiger charge is 2.34. The number of aromatic nitrogens is 1. The van der Waals surface area contributed by atoms with Crippen LogP contribution in [0.3, 0.4) is 0 Å². The van der Waals surface area contributed by atoms with Gasteiger partial charge in [-0.1, -0.05) is 60.2 Å². The molecule has 0 aliphatic carbocycles. The first kappa shape index (κ1) is 18.6. The van der Waals surface area contributed by atoms with Crippen LogP contribution in [0.15, 0.2) is 76.9 Å². The van der Waals surface area contributed by atoms with E-state index in [0.29, 0.717) is 17.9 Å². The van der Waals surface area contributed by atoms with E-state index in [1.807, 2.05) is 74.5 Å². The van der Waals surface area contributed by atoms with Crippen molar-refractivity contribution in [1.82, 2.24) is 4.57 Å². The fourth-order valence-electron chi connectivity index (χ4n) is 3.74. The third-order valence-electron chi connectivity index (χ3n) is 5.28.